The second-order valence-corrected chi connectivity index (χ2v) is 4.57. The number of likely N-dealkylation sites (N-methyl/N-ethyl adjacent to an activating group) is 1. The molecule has 0 saturated carbocycles. The fourth-order valence-electron chi connectivity index (χ4n) is 1.69. The Morgan fingerprint density at radius 3 is 2.60 bits per heavy atom. The lowest BCUT2D eigenvalue weighted by Crippen LogP contribution is -2.33. The van der Waals surface area contributed by atoms with E-state index in [1.54, 1.807) is 6.07 Å². The molecule has 0 unspecified atom stereocenters. The summed E-state index contributed by atoms with van der Waals surface area (Å²) in [7, 11) is 1.45. The summed E-state index contributed by atoms with van der Waals surface area (Å²) >= 11 is 0. The lowest BCUT2D eigenvalue weighted by molar-refractivity contribution is -0.144. The SMILES string of the molecule is CCCCCOC(=O)CN(C)C(=O)c1ccccc1F. The van der Waals surface area contributed by atoms with Crippen LogP contribution in [0.3, 0.4) is 0 Å². The van der Waals surface area contributed by atoms with Gasteiger partial charge in [-0.2, -0.15) is 0 Å². The maximum Gasteiger partial charge on any atom is 0.325 e. The van der Waals surface area contributed by atoms with Crippen molar-refractivity contribution in [2.24, 2.45) is 0 Å². The number of amides is 1. The van der Waals surface area contributed by atoms with Crippen LogP contribution in [0.2, 0.25) is 0 Å². The number of benzene rings is 1. The molecule has 0 bridgehead atoms. The van der Waals surface area contributed by atoms with Crippen molar-refractivity contribution >= 4 is 11.9 Å². The van der Waals surface area contributed by atoms with E-state index in [1.807, 2.05) is 0 Å². The molecule has 0 heterocycles. The number of esters is 1. The van der Waals surface area contributed by atoms with E-state index in [0.717, 1.165) is 24.2 Å². The molecule has 4 nitrogen and oxygen atoms in total. The van der Waals surface area contributed by atoms with E-state index in [9.17, 15) is 14.0 Å². The van der Waals surface area contributed by atoms with Crippen molar-refractivity contribution in [2.45, 2.75) is 26.2 Å². The number of unbranched alkanes of at least 4 members (excludes halogenated alkanes) is 2. The molecule has 5 heteroatoms. The van der Waals surface area contributed by atoms with Crippen LogP contribution in [-0.2, 0) is 9.53 Å². The first-order valence-corrected chi connectivity index (χ1v) is 6.72. The van der Waals surface area contributed by atoms with Crippen LogP contribution in [0.5, 0.6) is 0 Å². The minimum absolute atomic E-state index is 0.0474. The van der Waals surface area contributed by atoms with Crippen molar-refractivity contribution in [3.8, 4) is 0 Å². The van der Waals surface area contributed by atoms with Crippen LogP contribution < -0.4 is 0 Å². The molecule has 110 valence electrons. The monoisotopic (exact) mass is 281 g/mol. The van der Waals surface area contributed by atoms with E-state index in [4.69, 9.17) is 4.74 Å². The molecule has 0 radical (unpaired) electrons. The summed E-state index contributed by atoms with van der Waals surface area (Å²) in [6.45, 7) is 2.23. The van der Waals surface area contributed by atoms with E-state index in [0.29, 0.717) is 6.61 Å². The van der Waals surface area contributed by atoms with Crippen molar-refractivity contribution in [1.82, 2.24) is 4.90 Å². The van der Waals surface area contributed by atoms with Gasteiger partial charge in [-0.05, 0) is 18.6 Å². The Kier molecular flexibility index (Phi) is 6.70. The maximum atomic E-state index is 13.5. The molecule has 0 fully saturated rings. The molecular weight excluding hydrogens is 261 g/mol. The highest BCUT2D eigenvalue weighted by molar-refractivity contribution is 5.96. The van der Waals surface area contributed by atoms with Gasteiger partial charge in [0.25, 0.3) is 5.91 Å². The number of hydrogen-bond donors (Lipinski definition) is 0. The zero-order chi connectivity index (χ0) is 15.0. The fourth-order valence-corrected chi connectivity index (χ4v) is 1.69. The van der Waals surface area contributed by atoms with E-state index >= 15 is 0 Å². The summed E-state index contributed by atoms with van der Waals surface area (Å²) in [5, 5.41) is 0. The molecule has 20 heavy (non-hydrogen) atoms. The molecule has 0 aromatic heterocycles. The number of rotatable bonds is 7. The first kappa shape index (κ1) is 16.1. The van der Waals surface area contributed by atoms with Gasteiger partial charge in [-0.1, -0.05) is 31.9 Å². The van der Waals surface area contributed by atoms with Crippen LogP contribution >= 0.6 is 0 Å². The highest BCUT2D eigenvalue weighted by atomic mass is 19.1. The second-order valence-electron chi connectivity index (χ2n) is 4.57. The summed E-state index contributed by atoms with van der Waals surface area (Å²) in [5.41, 5.74) is -0.0474. The number of ether oxygens (including phenoxy) is 1. The minimum atomic E-state index is -0.597. The van der Waals surface area contributed by atoms with Gasteiger partial charge in [0.2, 0.25) is 0 Å². The number of hydrogen-bond acceptors (Lipinski definition) is 3. The number of carbonyl (C=O) groups excluding carboxylic acids is 2. The molecule has 1 rings (SSSR count). The van der Waals surface area contributed by atoms with Crippen molar-refractivity contribution in [3.05, 3.63) is 35.6 Å². The molecule has 0 aliphatic carbocycles. The molecule has 0 atom stereocenters. The Morgan fingerprint density at radius 2 is 1.95 bits per heavy atom. The van der Waals surface area contributed by atoms with Crippen LogP contribution in [0, 0.1) is 5.82 Å². The molecule has 0 aliphatic heterocycles. The van der Waals surface area contributed by atoms with Crippen LogP contribution in [0.1, 0.15) is 36.5 Å². The van der Waals surface area contributed by atoms with Gasteiger partial charge in [-0.3, -0.25) is 9.59 Å². The summed E-state index contributed by atoms with van der Waals surface area (Å²) in [6, 6.07) is 5.69. The molecule has 0 spiro atoms. The van der Waals surface area contributed by atoms with Crippen LogP contribution in [0.15, 0.2) is 24.3 Å². The molecule has 1 aromatic rings. The quantitative estimate of drug-likeness (QED) is 0.570. The van der Waals surface area contributed by atoms with Crippen molar-refractivity contribution < 1.29 is 18.7 Å². The average molecular weight is 281 g/mol. The van der Waals surface area contributed by atoms with E-state index < -0.39 is 17.7 Å². The third kappa shape index (κ3) is 4.99. The molecular formula is C15H20FNO3. The van der Waals surface area contributed by atoms with Gasteiger partial charge in [-0.25, -0.2) is 4.39 Å². The lowest BCUT2D eigenvalue weighted by atomic mass is 10.2. The van der Waals surface area contributed by atoms with Gasteiger partial charge < -0.3 is 9.64 Å². The van der Waals surface area contributed by atoms with Gasteiger partial charge in [-0.15, -0.1) is 0 Å². The smallest absolute Gasteiger partial charge is 0.325 e. The first-order chi connectivity index (χ1) is 9.56. The summed E-state index contributed by atoms with van der Waals surface area (Å²) in [4.78, 5) is 24.6. The average Bonchev–Trinajstić information content (AvgIpc) is 2.43. The lowest BCUT2D eigenvalue weighted by Gasteiger charge is -2.16. The molecule has 0 aliphatic rings. The number of halogens is 1. The third-order valence-electron chi connectivity index (χ3n) is 2.83. The normalized spacial score (nSPS) is 10.2. The van der Waals surface area contributed by atoms with Gasteiger partial charge >= 0.3 is 5.97 Å². The summed E-state index contributed by atoms with van der Waals surface area (Å²) in [5.74, 6) is -1.61. The van der Waals surface area contributed by atoms with Crippen LogP contribution in [0.4, 0.5) is 4.39 Å². The topological polar surface area (TPSA) is 46.6 Å². The largest absolute Gasteiger partial charge is 0.464 e. The maximum absolute atomic E-state index is 13.5. The standard InChI is InChI=1S/C15H20FNO3/c1-3-4-7-10-20-14(18)11-17(2)15(19)12-8-5-6-9-13(12)16/h5-6,8-9H,3-4,7,10-11H2,1-2H3. The van der Waals surface area contributed by atoms with Gasteiger partial charge in [0.05, 0.1) is 12.2 Å². The Bertz CT molecular complexity index is 462. The predicted molar refractivity (Wildman–Crippen MR) is 73.8 cm³/mol. The fraction of sp³-hybridized carbons (Fsp3) is 0.467. The van der Waals surface area contributed by atoms with Crippen molar-refractivity contribution in [3.63, 3.8) is 0 Å². The number of carbonyl (C=O) groups is 2. The highest BCUT2D eigenvalue weighted by Gasteiger charge is 2.18. The Morgan fingerprint density at radius 1 is 1.25 bits per heavy atom. The zero-order valence-corrected chi connectivity index (χ0v) is 11.9. The summed E-state index contributed by atoms with van der Waals surface area (Å²) < 4.78 is 18.5. The van der Waals surface area contributed by atoms with Crippen LogP contribution in [0.25, 0.3) is 0 Å². The Hall–Kier alpha value is -1.91. The van der Waals surface area contributed by atoms with E-state index in [2.05, 4.69) is 6.92 Å². The zero-order valence-electron chi connectivity index (χ0n) is 11.9. The Labute approximate surface area is 118 Å². The number of nitrogens with zero attached hydrogens (tertiary/aromatic N) is 1. The minimum Gasteiger partial charge on any atom is -0.464 e. The first-order valence-electron chi connectivity index (χ1n) is 6.72. The molecule has 1 aromatic carbocycles. The third-order valence-corrected chi connectivity index (χ3v) is 2.83. The van der Waals surface area contributed by atoms with E-state index in [-0.39, 0.29) is 12.1 Å². The molecule has 0 saturated heterocycles. The van der Waals surface area contributed by atoms with Crippen molar-refractivity contribution in [2.75, 3.05) is 20.2 Å². The van der Waals surface area contributed by atoms with Gasteiger partial charge in [0.15, 0.2) is 0 Å². The summed E-state index contributed by atoms with van der Waals surface area (Å²) in [6.07, 6.45) is 2.85. The van der Waals surface area contributed by atoms with E-state index in [1.165, 1.54) is 25.2 Å². The van der Waals surface area contributed by atoms with Crippen molar-refractivity contribution in [1.29, 1.82) is 0 Å². The Balaban J connectivity index is 2.46. The second kappa shape index (κ2) is 8.30. The molecule has 0 N–H and O–H groups in total. The molecule has 1 amide bonds. The van der Waals surface area contributed by atoms with Crippen LogP contribution in [-0.4, -0.2) is 37.0 Å². The van der Waals surface area contributed by atoms with Gasteiger partial charge in [0, 0.05) is 7.05 Å². The predicted octanol–water partition coefficient (Wildman–Crippen LogP) is 2.63. The highest BCUT2D eigenvalue weighted by Crippen LogP contribution is 2.09. The van der Waals surface area contributed by atoms with Gasteiger partial charge in [0.1, 0.15) is 12.4 Å².